The van der Waals surface area contributed by atoms with Gasteiger partial charge in [0.25, 0.3) is 0 Å². The van der Waals surface area contributed by atoms with E-state index < -0.39 is 15.8 Å². The molecule has 0 fully saturated rings. The molecule has 0 aromatic heterocycles. The van der Waals surface area contributed by atoms with Crippen LogP contribution in [0.5, 0.6) is 0 Å². The van der Waals surface area contributed by atoms with E-state index in [4.69, 9.17) is 5.73 Å². The number of hydrogen-bond acceptors (Lipinski definition) is 3. The molecule has 0 saturated heterocycles. The van der Waals surface area contributed by atoms with Crippen molar-refractivity contribution in [1.82, 2.24) is 4.72 Å². The van der Waals surface area contributed by atoms with Crippen molar-refractivity contribution >= 4 is 15.7 Å². The highest BCUT2D eigenvalue weighted by molar-refractivity contribution is 7.89. The molecule has 17 heavy (non-hydrogen) atoms. The maximum atomic E-state index is 13.1. The fourth-order valence-corrected chi connectivity index (χ4v) is 2.62. The van der Waals surface area contributed by atoms with Crippen molar-refractivity contribution in [3.05, 3.63) is 24.0 Å². The molecule has 3 N–H and O–H groups in total. The summed E-state index contributed by atoms with van der Waals surface area (Å²) >= 11 is 0. The minimum atomic E-state index is -3.71. The van der Waals surface area contributed by atoms with Crippen LogP contribution in [0, 0.1) is 5.82 Å². The van der Waals surface area contributed by atoms with Crippen LogP contribution >= 0.6 is 0 Å². The van der Waals surface area contributed by atoms with Gasteiger partial charge in [0.1, 0.15) is 10.7 Å². The Morgan fingerprint density at radius 1 is 1.35 bits per heavy atom. The summed E-state index contributed by atoms with van der Waals surface area (Å²) < 4.78 is 39.2. The lowest BCUT2D eigenvalue weighted by molar-refractivity contribution is 0.574. The maximum Gasteiger partial charge on any atom is 0.242 e. The highest BCUT2D eigenvalue weighted by atomic mass is 32.2. The van der Waals surface area contributed by atoms with Gasteiger partial charge in [-0.3, -0.25) is 0 Å². The first-order valence-electron chi connectivity index (χ1n) is 5.52. The number of nitrogen functional groups attached to an aromatic ring is 1. The molecule has 0 bridgehead atoms. The lowest BCUT2D eigenvalue weighted by Gasteiger charge is -2.09. The van der Waals surface area contributed by atoms with Crippen LogP contribution in [0.25, 0.3) is 0 Å². The first-order valence-corrected chi connectivity index (χ1v) is 7.01. The van der Waals surface area contributed by atoms with Gasteiger partial charge in [-0.05, 0) is 18.6 Å². The molecule has 0 saturated carbocycles. The fraction of sp³-hybridized carbons (Fsp3) is 0.455. The van der Waals surface area contributed by atoms with Crippen LogP contribution in [0.4, 0.5) is 10.1 Å². The summed E-state index contributed by atoms with van der Waals surface area (Å²) in [6, 6.07) is 3.75. The molecular weight excluding hydrogens is 243 g/mol. The molecule has 0 spiro atoms. The number of nitrogens with one attached hydrogen (secondary N) is 1. The van der Waals surface area contributed by atoms with Crippen LogP contribution in [-0.2, 0) is 10.0 Å². The Labute approximate surface area is 101 Å². The molecule has 4 nitrogen and oxygen atoms in total. The summed E-state index contributed by atoms with van der Waals surface area (Å²) in [5.74, 6) is -0.721. The van der Waals surface area contributed by atoms with Crippen molar-refractivity contribution in [2.24, 2.45) is 0 Å². The van der Waals surface area contributed by atoms with Crippen molar-refractivity contribution in [3.8, 4) is 0 Å². The molecule has 1 aromatic carbocycles. The van der Waals surface area contributed by atoms with E-state index in [-0.39, 0.29) is 10.6 Å². The Kier molecular flexibility index (Phi) is 4.89. The molecular formula is C11H17FN2O2S. The zero-order valence-electron chi connectivity index (χ0n) is 9.74. The zero-order valence-corrected chi connectivity index (χ0v) is 10.6. The van der Waals surface area contributed by atoms with Gasteiger partial charge in [0.2, 0.25) is 10.0 Å². The molecule has 6 heteroatoms. The third kappa shape index (κ3) is 3.67. The van der Waals surface area contributed by atoms with Crippen molar-refractivity contribution in [1.29, 1.82) is 0 Å². The highest BCUT2D eigenvalue weighted by Gasteiger charge is 2.18. The predicted molar refractivity (Wildman–Crippen MR) is 65.5 cm³/mol. The van der Waals surface area contributed by atoms with Crippen molar-refractivity contribution in [2.45, 2.75) is 31.1 Å². The van der Waals surface area contributed by atoms with Gasteiger partial charge in [-0.1, -0.05) is 25.8 Å². The quantitative estimate of drug-likeness (QED) is 0.606. The average Bonchev–Trinajstić information content (AvgIpc) is 2.28. The Bertz CT molecular complexity index is 474. The van der Waals surface area contributed by atoms with E-state index in [0.717, 1.165) is 25.3 Å². The molecule has 1 rings (SSSR count). The largest absolute Gasteiger partial charge is 0.395 e. The predicted octanol–water partition coefficient (Wildman–Crippen LogP) is 1.88. The SMILES string of the molecule is CCCCCNS(=O)(=O)c1cccc(F)c1N. The number of hydrogen-bond donors (Lipinski definition) is 2. The smallest absolute Gasteiger partial charge is 0.242 e. The molecule has 0 amide bonds. The number of unbranched alkanes of at least 4 members (excludes halogenated alkanes) is 2. The van der Waals surface area contributed by atoms with E-state index >= 15 is 0 Å². The van der Waals surface area contributed by atoms with Gasteiger partial charge in [-0.15, -0.1) is 0 Å². The Hall–Kier alpha value is -1.14. The zero-order chi connectivity index (χ0) is 12.9. The Morgan fingerprint density at radius 2 is 2.06 bits per heavy atom. The second kappa shape index (κ2) is 5.97. The number of para-hydroxylation sites is 1. The summed E-state index contributed by atoms with van der Waals surface area (Å²) in [5.41, 5.74) is 5.07. The molecule has 96 valence electrons. The highest BCUT2D eigenvalue weighted by Crippen LogP contribution is 2.20. The molecule has 0 aliphatic rings. The number of anilines is 1. The van der Waals surface area contributed by atoms with Gasteiger partial charge >= 0.3 is 0 Å². The first-order chi connectivity index (χ1) is 7.99. The van der Waals surface area contributed by atoms with Crippen LogP contribution < -0.4 is 10.5 Å². The second-order valence-corrected chi connectivity index (χ2v) is 5.49. The van der Waals surface area contributed by atoms with Gasteiger partial charge < -0.3 is 5.73 Å². The number of halogens is 1. The third-order valence-electron chi connectivity index (χ3n) is 2.37. The van der Waals surface area contributed by atoms with Crippen molar-refractivity contribution in [2.75, 3.05) is 12.3 Å². The number of benzene rings is 1. The van der Waals surface area contributed by atoms with Crippen LogP contribution in [0.15, 0.2) is 23.1 Å². The van der Waals surface area contributed by atoms with Gasteiger partial charge in [-0.25, -0.2) is 17.5 Å². The standard InChI is InChI=1S/C11H17FN2O2S/c1-2-3-4-8-14-17(15,16)10-7-5-6-9(12)11(10)13/h5-7,14H,2-4,8,13H2,1H3. The van der Waals surface area contributed by atoms with Crippen LogP contribution in [-0.4, -0.2) is 15.0 Å². The normalized spacial score (nSPS) is 11.6. The lowest BCUT2D eigenvalue weighted by atomic mass is 10.3. The van der Waals surface area contributed by atoms with Crippen LogP contribution in [0.3, 0.4) is 0 Å². The molecule has 1 aromatic rings. The first kappa shape index (κ1) is 13.9. The lowest BCUT2D eigenvalue weighted by Crippen LogP contribution is -2.25. The Morgan fingerprint density at radius 3 is 2.71 bits per heavy atom. The number of sulfonamides is 1. The minimum Gasteiger partial charge on any atom is -0.395 e. The van der Waals surface area contributed by atoms with E-state index in [1.165, 1.54) is 12.1 Å². The van der Waals surface area contributed by atoms with Crippen LogP contribution in [0.2, 0.25) is 0 Å². The van der Waals surface area contributed by atoms with Gasteiger partial charge in [0, 0.05) is 6.54 Å². The van der Waals surface area contributed by atoms with Gasteiger partial charge in [-0.2, -0.15) is 0 Å². The van der Waals surface area contributed by atoms with E-state index in [0.29, 0.717) is 6.54 Å². The summed E-state index contributed by atoms with van der Waals surface area (Å²) in [7, 11) is -3.71. The minimum absolute atomic E-state index is 0.200. The van der Waals surface area contributed by atoms with Gasteiger partial charge in [0.15, 0.2) is 0 Å². The van der Waals surface area contributed by atoms with Gasteiger partial charge in [0.05, 0.1) is 5.69 Å². The fourth-order valence-electron chi connectivity index (χ4n) is 1.41. The van der Waals surface area contributed by atoms with Crippen molar-refractivity contribution in [3.63, 3.8) is 0 Å². The van der Waals surface area contributed by atoms with E-state index in [9.17, 15) is 12.8 Å². The molecule has 0 radical (unpaired) electrons. The van der Waals surface area contributed by atoms with E-state index in [2.05, 4.69) is 4.72 Å². The average molecular weight is 260 g/mol. The summed E-state index contributed by atoms with van der Waals surface area (Å²) in [6.45, 7) is 2.37. The maximum absolute atomic E-state index is 13.1. The topological polar surface area (TPSA) is 72.2 Å². The molecule has 0 unspecified atom stereocenters. The number of nitrogens with two attached hydrogens (primary N) is 1. The van der Waals surface area contributed by atoms with E-state index in [1.807, 2.05) is 6.92 Å². The summed E-state index contributed by atoms with van der Waals surface area (Å²) in [5, 5.41) is 0. The van der Waals surface area contributed by atoms with Crippen LogP contribution in [0.1, 0.15) is 26.2 Å². The van der Waals surface area contributed by atoms with E-state index in [1.54, 1.807) is 0 Å². The van der Waals surface area contributed by atoms with Crippen molar-refractivity contribution < 1.29 is 12.8 Å². The number of rotatable bonds is 6. The molecule has 0 atom stereocenters. The summed E-state index contributed by atoms with van der Waals surface area (Å²) in [6.07, 6.45) is 2.70. The second-order valence-electron chi connectivity index (χ2n) is 3.76. The molecule has 0 aliphatic heterocycles. The Balaban J connectivity index is 2.79. The molecule has 0 heterocycles. The monoisotopic (exact) mass is 260 g/mol. The molecule has 0 aliphatic carbocycles. The third-order valence-corrected chi connectivity index (χ3v) is 3.89. The summed E-state index contributed by atoms with van der Waals surface area (Å²) in [4.78, 5) is -0.200.